The maximum atomic E-state index is 12.2. The first-order chi connectivity index (χ1) is 12.3. The molecule has 138 valence electrons. The van der Waals surface area contributed by atoms with Crippen LogP contribution in [0.25, 0.3) is 0 Å². The van der Waals surface area contributed by atoms with E-state index in [9.17, 15) is 9.59 Å². The van der Waals surface area contributed by atoms with Crippen molar-refractivity contribution in [2.45, 2.75) is 26.8 Å². The maximum absolute atomic E-state index is 12.2. The van der Waals surface area contributed by atoms with Gasteiger partial charge in [-0.2, -0.15) is 0 Å². The Hall–Kier alpha value is -2.24. The van der Waals surface area contributed by atoms with E-state index >= 15 is 0 Å². The van der Waals surface area contributed by atoms with E-state index in [1.54, 1.807) is 6.92 Å². The highest BCUT2D eigenvalue weighted by Crippen LogP contribution is 2.26. The van der Waals surface area contributed by atoms with Gasteiger partial charge in [0.05, 0.1) is 12.6 Å². The molecular formula is C19H20Cl2N2O3. The number of aryl methyl sites for hydroxylation is 1. The molecule has 0 bridgehead atoms. The molecule has 2 rings (SSSR count). The number of rotatable bonds is 5. The molecular weight excluding hydrogens is 375 g/mol. The zero-order chi connectivity index (χ0) is 19.3. The topological polar surface area (TPSA) is 67.4 Å². The summed E-state index contributed by atoms with van der Waals surface area (Å²) in [5, 5.41) is 5.88. The molecule has 0 saturated heterocycles. The average Bonchev–Trinajstić information content (AvgIpc) is 2.55. The summed E-state index contributed by atoms with van der Waals surface area (Å²) in [7, 11) is 0. The standard InChI is InChI=1S/C19H20Cl2N2O3/c1-4-26-17-6-5-11(2)7-16(17)12(3)22-18(24)19(25)23-15-9-13(20)8-14(21)10-15/h5-10,12H,4H2,1-3H3,(H,22,24)(H,23,25). The third-order valence-corrected chi connectivity index (χ3v) is 4.04. The summed E-state index contributed by atoms with van der Waals surface area (Å²) in [5.41, 5.74) is 2.18. The molecule has 0 heterocycles. The number of carbonyl (C=O) groups is 2. The van der Waals surface area contributed by atoms with Crippen LogP contribution in [0.1, 0.15) is 31.0 Å². The van der Waals surface area contributed by atoms with Crippen LogP contribution < -0.4 is 15.4 Å². The Morgan fingerprint density at radius 3 is 2.35 bits per heavy atom. The minimum absolute atomic E-state index is 0.348. The van der Waals surface area contributed by atoms with Crippen molar-refractivity contribution in [2.75, 3.05) is 11.9 Å². The highest BCUT2D eigenvalue weighted by molar-refractivity contribution is 6.40. The quantitative estimate of drug-likeness (QED) is 0.732. The molecule has 0 aliphatic carbocycles. The van der Waals surface area contributed by atoms with Gasteiger partial charge in [-0.1, -0.05) is 40.9 Å². The van der Waals surface area contributed by atoms with Gasteiger partial charge in [-0.05, 0) is 45.0 Å². The lowest BCUT2D eigenvalue weighted by Crippen LogP contribution is -2.37. The molecule has 0 aliphatic rings. The SMILES string of the molecule is CCOc1ccc(C)cc1C(C)NC(=O)C(=O)Nc1cc(Cl)cc(Cl)c1. The third kappa shape index (κ3) is 5.38. The molecule has 0 spiro atoms. The summed E-state index contributed by atoms with van der Waals surface area (Å²) in [6.07, 6.45) is 0. The van der Waals surface area contributed by atoms with Crippen LogP contribution >= 0.6 is 23.2 Å². The first kappa shape index (κ1) is 20.1. The van der Waals surface area contributed by atoms with Crippen LogP contribution in [0.5, 0.6) is 5.75 Å². The normalized spacial score (nSPS) is 11.6. The number of hydrogen-bond acceptors (Lipinski definition) is 3. The second kappa shape index (κ2) is 8.92. The van der Waals surface area contributed by atoms with Gasteiger partial charge in [0.1, 0.15) is 5.75 Å². The van der Waals surface area contributed by atoms with Crippen molar-refractivity contribution in [3.8, 4) is 5.75 Å². The number of nitrogens with one attached hydrogen (secondary N) is 2. The molecule has 1 unspecified atom stereocenters. The monoisotopic (exact) mass is 394 g/mol. The first-order valence-corrected chi connectivity index (χ1v) is 8.87. The Labute approximate surface area is 162 Å². The fourth-order valence-corrected chi connectivity index (χ4v) is 2.97. The molecule has 2 N–H and O–H groups in total. The van der Waals surface area contributed by atoms with Gasteiger partial charge in [-0.15, -0.1) is 0 Å². The lowest BCUT2D eigenvalue weighted by atomic mass is 10.0. The Bertz CT molecular complexity index is 804. The summed E-state index contributed by atoms with van der Waals surface area (Å²) < 4.78 is 5.60. The molecule has 26 heavy (non-hydrogen) atoms. The van der Waals surface area contributed by atoms with E-state index in [-0.39, 0.29) is 0 Å². The van der Waals surface area contributed by atoms with Gasteiger partial charge in [0.2, 0.25) is 0 Å². The van der Waals surface area contributed by atoms with Crippen LogP contribution in [0.2, 0.25) is 10.0 Å². The van der Waals surface area contributed by atoms with E-state index in [1.807, 2.05) is 32.0 Å². The lowest BCUT2D eigenvalue weighted by molar-refractivity contribution is -0.136. The fourth-order valence-electron chi connectivity index (χ4n) is 2.45. The predicted molar refractivity (Wildman–Crippen MR) is 104 cm³/mol. The molecule has 0 aliphatic heterocycles. The third-order valence-electron chi connectivity index (χ3n) is 3.61. The van der Waals surface area contributed by atoms with E-state index in [4.69, 9.17) is 27.9 Å². The Morgan fingerprint density at radius 2 is 1.73 bits per heavy atom. The Morgan fingerprint density at radius 1 is 1.08 bits per heavy atom. The van der Waals surface area contributed by atoms with Gasteiger partial charge in [-0.3, -0.25) is 9.59 Å². The highest BCUT2D eigenvalue weighted by Gasteiger charge is 2.20. The van der Waals surface area contributed by atoms with Gasteiger partial charge >= 0.3 is 11.8 Å². The summed E-state index contributed by atoms with van der Waals surface area (Å²) >= 11 is 11.8. The van der Waals surface area contributed by atoms with E-state index < -0.39 is 17.9 Å². The summed E-state index contributed by atoms with van der Waals surface area (Å²) in [5.74, 6) is -0.897. The molecule has 2 aromatic carbocycles. The molecule has 2 amide bonds. The Kier molecular flexibility index (Phi) is 6.89. The number of amides is 2. The predicted octanol–water partition coefficient (Wildman–Crippen LogP) is 4.52. The van der Waals surface area contributed by atoms with Crippen molar-refractivity contribution in [3.05, 3.63) is 57.6 Å². The van der Waals surface area contributed by atoms with Crippen LogP contribution in [-0.2, 0) is 9.59 Å². The van der Waals surface area contributed by atoms with Crippen molar-refractivity contribution >= 4 is 40.7 Å². The number of anilines is 1. The van der Waals surface area contributed by atoms with Crippen LogP contribution in [0.4, 0.5) is 5.69 Å². The lowest BCUT2D eigenvalue weighted by Gasteiger charge is -2.18. The van der Waals surface area contributed by atoms with E-state index in [0.717, 1.165) is 11.1 Å². The van der Waals surface area contributed by atoms with Gasteiger partial charge in [-0.25, -0.2) is 0 Å². The van der Waals surface area contributed by atoms with Gasteiger partial charge in [0.25, 0.3) is 0 Å². The summed E-state index contributed by atoms with van der Waals surface area (Å²) in [6.45, 7) is 6.13. The zero-order valence-corrected chi connectivity index (χ0v) is 16.2. The number of ether oxygens (including phenoxy) is 1. The molecule has 1 atom stereocenters. The summed E-state index contributed by atoms with van der Waals surface area (Å²) in [4.78, 5) is 24.4. The molecule has 0 fully saturated rings. The van der Waals surface area contributed by atoms with Crippen LogP contribution in [0.15, 0.2) is 36.4 Å². The van der Waals surface area contributed by atoms with Crippen molar-refractivity contribution in [1.82, 2.24) is 5.32 Å². The number of carbonyl (C=O) groups excluding carboxylic acids is 2. The number of hydrogen-bond donors (Lipinski definition) is 2. The fraction of sp³-hybridized carbons (Fsp3) is 0.263. The minimum atomic E-state index is -0.805. The smallest absolute Gasteiger partial charge is 0.313 e. The van der Waals surface area contributed by atoms with Crippen LogP contribution in [0, 0.1) is 6.92 Å². The van der Waals surface area contributed by atoms with Crippen molar-refractivity contribution in [3.63, 3.8) is 0 Å². The minimum Gasteiger partial charge on any atom is -0.494 e. The molecule has 5 nitrogen and oxygen atoms in total. The van der Waals surface area contributed by atoms with Gasteiger partial charge in [0, 0.05) is 21.3 Å². The maximum Gasteiger partial charge on any atom is 0.313 e. The number of halogens is 2. The molecule has 2 aromatic rings. The average molecular weight is 395 g/mol. The van der Waals surface area contributed by atoms with E-state index in [1.165, 1.54) is 18.2 Å². The molecule has 0 aromatic heterocycles. The Balaban J connectivity index is 2.08. The van der Waals surface area contributed by atoms with E-state index in [0.29, 0.717) is 28.1 Å². The first-order valence-electron chi connectivity index (χ1n) is 8.11. The van der Waals surface area contributed by atoms with Gasteiger partial charge in [0.15, 0.2) is 0 Å². The van der Waals surface area contributed by atoms with Gasteiger partial charge < -0.3 is 15.4 Å². The molecule has 0 radical (unpaired) electrons. The summed E-state index contributed by atoms with van der Waals surface area (Å²) in [6, 6.07) is 9.85. The molecule has 7 heteroatoms. The second-order valence-corrected chi connectivity index (χ2v) is 6.65. The van der Waals surface area contributed by atoms with Crippen LogP contribution in [-0.4, -0.2) is 18.4 Å². The largest absolute Gasteiger partial charge is 0.494 e. The van der Waals surface area contributed by atoms with Crippen molar-refractivity contribution in [1.29, 1.82) is 0 Å². The van der Waals surface area contributed by atoms with Crippen molar-refractivity contribution in [2.24, 2.45) is 0 Å². The highest BCUT2D eigenvalue weighted by atomic mass is 35.5. The van der Waals surface area contributed by atoms with E-state index in [2.05, 4.69) is 10.6 Å². The number of benzene rings is 2. The molecule has 0 saturated carbocycles. The van der Waals surface area contributed by atoms with Crippen molar-refractivity contribution < 1.29 is 14.3 Å². The second-order valence-electron chi connectivity index (χ2n) is 5.78. The van der Waals surface area contributed by atoms with Crippen LogP contribution in [0.3, 0.4) is 0 Å². The zero-order valence-electron chi connectivity index (χ0n) is 14.7.